The lowest BCUT2D eigenvalue weighted by Gasteiger charge is -2.13. The number of ketones is 2. The maximum Gasteiger partial charge on any atom is 0.302 e. The van der Waals surface area contributed by atoms with Crippen LogP contribution in [0.5, 0.6) is 0 Å². The molecule has 0 atom stereocenters. The van der Waals surface area contributed by atoms with Crippen LogP contribution in [0.25, 0.3) is 0 Å². The molecule has 0 bridgehead atoms. The Morgan fingerprint density at radius 1 is 0.667 bits per heavy atom. The molecule has 18 heavy (non-hydrogen) atoms. The highest BCUT2D eigenvalue weighted by molar-refractivity contribution is 7.92. The fraction of sp³-hybridized carbons (Fsp3) is 0. The molecule has 0 spiro atoms. The summed E-state index contributed by atoms with van der Waals surface area (Å²) in [7, 11) is -10.7. The van der Waals surface area contributed by atoms with Crippen LogP contribution in [-0.2, 0) is 29.8 Å². The molecule has 1 aliphatic rings. The molecule has 1 rings (SSSR count). The van der Waals surface area contributed by atoms with E-state index in [1.54, 1.807) is 0 Å². The summed E-state index contributed by atoms with van der Waals surface area (Å²) in [6.45, 7) is 0. The van der Waals surface area contributed by atoms with Gasteiger partial charge in [0.05, 0.1) is 0 Å². The minimum Gasteiger partial charge on any atom is -0.503 e. The van der Waals surface area contributed by atoms with Crippen LogP contribution in [0.4, 0.5) is 0 Å². The van der Waals surface area contributed by atoms with Crippen LogP contribution in [0.3, 0.4) is 0 Å². The van der Waals surface area contributed by atoms with Crippen LogP contribution in [0.15, 0.2) is 21.3 Å². The fourth-order valence-electron chi connectivity index (χ4n) is 1.12. The van der Waals surface area contributed by atoms with Gasteiger partial charge in [-0.15, -0.1) is 0 Å². The Balaban J connectivity index is 3.73. The van der Waals surface area contributed by atoms with Gasteiger partial charge in [-0.3, -0.25) is 18.7 Å². The monoisotopic (exact) mass is 300 g/mol. The molecule has 0 aliphatic heterocycles. The zero-order valence-electron chi connectivity index (χ0n) is 8.05. The number of carbonyl (C=O) groups is 2. The summed E-state index contributed by atoms with van der Waals surface area (Å²) in [5.41, 5.74) is 0. The highest BCUT2D eigenvalue weighted by Gasteiger charge is 2.45. The molecular weight excluding hydrogens is 296 g/mol. The zero-order valence-corrected chi connectivity index (χ0v) is 9.69. The SMILES string of the molecule is O=C1C(O)=C(S(=O)(=O)O)C(=O)C(O)=C1S(=O)(=O)O. The van der Waals surface area contributed by atoms with Gasteiger partial charge >= 0.3 is 20.2 Å². The number of hydrogen-bond acceptors (Lipinski definition) is 8. The smallest absolute Gasteiger partial charge is 0.302 e. The number of hydrogen-bond donors (Lipinski definition) is 4. The van der Waals surface area contributed by atoms with Crippen molar-refractivity contribution in [1.29, 1.82) is 0 Å². The number of aliphatic hydroxyl groups is 2. The molecule has 0 fully saturated rings. The fourth-order valence-corrected chi connectivity index (χ4v) is 2.45. The zero-order chi connectivity index (χ0) is 14.5. The van der Waals surface area contributed by atoms with Crippen molar-refractivity contribution >= 4 is 31.8 Å². The molecule has 0 aromatic rings. The molecule has 0 amide bonds. The topological polar surface area (TPSA) is 183 Å². The molecule has 0 heterocycles. The standard InChI is InChI=1S/C6H4O10S2/c7-1-2(8)6(18(14,15)16)4(10)3(9)5(1)17(11,12)13/h7,10H,(H,11,12,13)(H,14,15,16). The maximum atomic E-state index is 11.2. The largest absolute Gasteiger partial charge is 0.503 e. The molecule has 0 aromatic carbocycles. The number of carbonyl (C=O) groups excluding carboxylic acids is 2. The number of aliphatic hydroxyl groups excluding tert-OH is 2. The predicted octanol–water partition coefficient (Wildman–Crippen LogP) is -1.55. The van der Waals surface area contributed by atoms with Crippen LogP contribution >= 0.6 is 0 Å². The van der Waals surface area contributed by atoms with Crippen molar-refractivity contribution in [2.75, 3.05) is 0 Å². The van der Waals surface area contributed by atoms with Crippen molar-refractivity contribution in [1.82, 2.24) is 0 Å². The quantitative estimate of drug-likeness (QED) is 0.344. The van der Waals surface area contributed by atoms with Crippen LogP contribution in [0, 0.1) is 0 Å². The first-order valence-electron chi connectivity index (χ1n) is 3.80. The van der Waals surface area contributed by atoms with Gasteiger partial charge in [-0.1, -0.05) is 0 Å². The molecule has 4 N–H and O–H groups in total. The third-order valence-electron chi connectivity index (χ3n) is 1.79. The van der Waals surface area contributed by atoms with E-state index in [0.29, 0.717) is 0 Å². The Morgan fingerprint density at radius 3 is 1.06 bits per heavy atom. The summed E-state index contributed by atoms with van der Waals surface area (Å²) < 4.78 is 59.8. The van der Waals surface area contributed by atoms with Gasteiger partial charge in [-0.2, -0.15) is 16.8 Å². The molecule has 100 valence electrons. The van der Waals surface area contributed by atoms with E-state index >= 15 is 0 Å². The average molecular weight is 300 g/mol. The lowest BCUT2D eigenvalue weighted by molar-refractivity contribution is -0.119. The summed E-state index contributed by atoms with van der Waals surface area (Å²) in [5, 5.41) is 18.1. The van der Waals surface area contributed by atoms with Crippen LogP contribution in [-0.4, -0.2) is 47.7 Å². The van der Waals surface area contributed by atoms with Crippen molar-refractivity contribution in [3.05, 3.63) is 21.3 Å². The first kappa shape index (κ1) is 14.3. The van der Waals surface area contributed by atoms with Crippen LogP contribution in [0.1, 0.15) is 0 Å². The summed E-state index contributed by atoms with van der Waals surface area (Å²) in [6.07, 6.45) is 0. The summed E-state index contributed by atoms with van der Waals surface area (Å²) in [4.78, 5) is 18.6. The Hall–Kier alpha value is -1.76. The highest BCUT2D eigenvalue weighted by atomic mass is 32.2. The average Bonchev–Trinajstić information content (AvgIpc) is 2.10. The first-order valence-corrected chi connectivity index (χ1v) is 6.68. The second-order valence-corrected chi connectivity index (χ2v) is 5.68. The van der Waals surface area contributed by atoms with Gasteiger partial charge in [0.15, 0.2) is 21.3 Å². The van der Waals surface area contributed by atoms with E-state index in [4.69, 9.17) is 19.3 Å². The highest BCUT2D eigenvalue weighted by Crippen LogP contribution is 2.27. The number of allylic oxidation sites excluding steroid dienone is 2. The summed E-state index contributed by atoms with van der Waals surface area (Å²) in [6, 6.07) is 0. The molecule has 1 aliphatic carbocycles. The minimum absolute atomic E-state index is 1.88. The van der Waals surface area contributed by atoms with Gasteiger partial charge in [-0.05, 0) is 0 Å². The van der Waals surface area contributed by atoms with Crippen molar-refractivity contribution in [2.45, 2.75) is 0 Å². The van der Waals surface area contributed by atoms with E-state index in [1.165, 1.54) is 0 Å². The van der Waals surface area contributed by atoms with Crippen molar-refractivity contribution < 1.29 is 45.7 Å². The van der Waals surface area contributed by atoms with Crippen LogP contribution < -0.4 is 0 Å². The van der Waals surface area contributed by atoms with E-state index < -0.39 is 53.1 Å². The second kappa shape index (κ2) is 3.88. The third-order valence-corrected chi connectivity index (χ3v) is 3.58. The van der Waals surface area contributed by atoms with Crippen molar-refractivity contribution in [2.24, 2.45) is 0 Å². The summed E-state index contributed by atoms with van der Waals surface area (Å²) in [5.74, 6) is -7.93. The van der Waals surface area contributed by atoms with Gasteiger partial charge in [0.1, 0.15) is 0 Å². The van der Waals surface area contributed by atoms with Gasteiger partial charge < -0.3 is 10.2 Å². The molecule has 10 nitrogen and oxygen atoms in total. The molecule has 0 unspecified atom stereocenters. The van der Waals surface area contributed by atoms with Crippen molar-refractivity contribution in [3.8, 4) is 0 Å². The number of Topliss-reactive ketones (excluding diaryl/α,β-unsaturated/α-hetero) is 2. The molecular formula is C6H4O10S2. The number of rotatable bonds is 2. The van der Waals surface area contributed by atoms with E-state index in [2.05, 4.69) is 0 Å². The van der Waals surface area contributed by atoms with Gasteiger partial charge in [0, 0.05) is 0 Å². The Bertz CT molecular complexity index is 652. The molecule has 12 heteroatoms. The molecule has 0 aromatic heterocycles. The van der Waals surface area contributed by atoms with E-state index in [1.807, 2.05) is 0 Å². The second-order valence-electron chi connectivity index (χ2n) is 2.96. The minimum atomic E-state index is -5.37. The van der Waals surface area contributed by atoms with Crippen molar-refractivity contribution in [3.63, 3.8) is 0 Å². The van der Waals surface area contributed by atoms with Gasteiger partial charge in [0.25, 0.3) is 0 Å². The Labute approximate surface area is 99.3 Å². The molecule has 0 saturated heterocycles. The predicted molar refractivity (Wildman–Crippen MR) is 52.4 cm³/mol. The molecule has 0 radical (unpaired) electrons. The van der Waals surface area contributed by atoms with E-state index in [0.717, 1.165) is 0 Å². The normalized spacial score (nSPS) is 18.6. The summed E-state index contributed by atoms with van der Waals surface area (Å²) >= 11 is 0. The lowest BCUT2D eigenvalue weighted by atomic mass is 10.1. The lowest BCUT2D eigenvalue weighted by Crippen LogP contribution is -2.30. The van der Waals surface area contributed by atoms with Gasteiger partial charge in [-0.25, -0.2) is 0 Å². The Morgan fingerprint density at radius 2 is 0.889 bits per heavy atom. The van der Waals surface area contributed by atoms with Crippen LogP contribution in [0.2, 0.25) is 0 Å². The molecule has 0 saturated carbocycles. The van der Waals surface area contributed by atoms with E-state index in [-0.39, 0.29) is 0 Å². The first-order chi connectivity index (χ1) is 7.89. The Kier molecular flexibility index (Phi) is 3.08. The van der Waals surface area contributed by atoms with E-state index in [9.17, 15) is 26.4 Å². The van der Waals surface area contributed by atoms with Gasteiger partial charge in [0.2, 0.25) is 11.6 Å². The maximum absolute atomic E-state index is 11.2. The third kappa shape index (κ3) is 2.13.